The van der Waals surface area contributed by atoms with Gasteiger partial charge >= 0.3 is 5.97 Å². The van der Waals surface area contributed by atoms with Gasteiger partial charge in [-0.05, 0) is 30.3 Å². The molecule has 0 fully saturated rings. The van der Waals surface area contributed by atoms with Crippen molar-refractivity contribution in [2.45, 2.75) is 0 Å². The normalized spacial score (nSPS) is 10.2. The van der Waals surface area contributed by atoms with Crippen molar-refractivity contribution >= 4 is 17.5 Å². The van der Waals surface area contributed by atoms with Crippen LogP contribution in [0.2, 0.25) is 0 Å². The van der Waals surface area contributed by atoms with Crippen molar-refractivity contribution in [3.8, 4) is 5.75 Å². The highest BCUT2D eigenvalue weighted by Crippen LogP contribution is 2.27. The van der Waals surface area contributed by atoms with E-state index >= 15 is 0 Å². The molecule has 0 amide bonds. The minimum atomic E-state index is -1.23. The average molecular weight is 276 g/mol. The number of hydrogen-bond acceptors (Lipinski definition) is 4. The van der Waals surface area contributed by atoms with Crippen LogP contribution in [0.15, 0.2) is 36.5 Å². The van der Waals surface area contributed by atoms with Crippen molar-refractivity contribution in [3.05, 3.63) is 47.9 Å². The zero-order valence-electron chi connectivity index (χ0n) is 11.0. The quantitative estimate of drug-likeness (QED) is 0.930. The molecule has 20 heavy (non-hydrogen) atoms. The summed E-state index contributed by atoms with van der Waals surface area (Å²) in [5.74, 6) is -1.06. The summed E-state index contributed by atoms with van der Waals surface area (Å²) in [5.41, 5.74) is 0.524. The number of halogens is 1. The first-order valence-electron chi connectivity index (χ1n) is 5.79. The Morgan fingerprint density at radius 2 is 2.00 bits per heavy atom. The Bertz CT molecular complexity index is 629. The van der Waals surface area contributed by atoms with E-state index in [1.807, 2.05) is 0 Å². The molecule has 1 aromatic carbocycles. The van der Waals surface area contributed by atoms with Crippen molar-refractivity contribution in [3.63, 3.8) is 0 Å². The number of hydrogen-bond donors (Lipinski definition) is 1. The predicted molar refractivity (Wildman–Crippen MR) is 72.2 cm³/mol. The smallest absolute Gasteiger partial charge is 0.339 e. The molecule has 1 N–H and O–H groups in total. The second kappa shape index (κ2) is 5.56. The molecule has 104 valence electrons. The van der Waals surface area contributed by atoms with Crippen LogP contribution in [0.25, 0.3) is 0 Å². The molecule has 0 saturated heterocycles. The van der Waals surface area contributed by atoms with E-state index in [-0.39, 0.29) is 11.4 Å². The van der Waals surface area contributed by atoms with Gasteiger partial charge in [0, 0.05) is 12.7 Å². The molecule has 0 aliphatic heterocycles. The summed E-state index contributed by atoms with van der Waals surface area (Å²) >= 11 is 0. The van der Waals surface area contributed by atoms with Crippen molar-refractivity contribution in [1.29, 1.82) is 0 Å². The molecule has 0 atom stereocenters. The Morgan fingerprint density at radius 1 is 1.35 bits per heavy atom. The highest BCUT2D eigenvalue weighted by molar-refractivity contribution is 5.94. The van der Waals surface area contributed by atoms with E-state index in [4.69, 9.17) is 9.84 Å². The maximum absolute atomic E-state index is 13.1. The van der Waals surface area contributed by atoms with Gasteiger partial charge in [0.1, 0.15) is 22.9 Å². The largest absolute Gasteiger partial charge is 0.497 e. The molecule has 0 spiro atoms. The minimum absolute atomic E-state index is 0.170. The van der Waals surface area contributed by atoms with Gasteiger partial charge < -0.3 is 14.7 Å². The summed E-state index contributed by atoms with van der Waals surface area (Å²) in [6.07, 6.45) is 0.988. The number of benzene rings is 1. The monoisotopic (exact) mass is 276 g/mol. The van der Waals surface area contributed by atoms with Crippen LogP contribution in [0.3, 0.4) is 0 Å². The topological polar surface area (TPSA) is 62.7 Å². The van der Waals surface area contributed by atoms with Gasteiger partial charge in [0.05, 0.1) is 13.3 Å². The lowest BCUT2D eigenvalue weighted by Gasteiger charge is -2.20. The highest BCUT2D eigenvalue weighted by atomic mass is 19.1. The standard InChI is InChI=1S/C14H13FN2O3/c1-17(10-3-5-11(20-2)6-4-10)13-12(14(18)19)7-9(15)8-16-13/h3-8H,1-2H3,(H,18,19). The van der Waals surface area contributed by atoms with Gasteiger partial charge in [-0.25, -0.2) is 14.2 Å². The molecule has 0 saturated carbocycles. The summed E-state index contributed by atoms with van der Waals surface area (Å²) in [7, 11) is 3.22. The molecule has 2 rings (SSSR count). The molecule has 0 aliphatic rings. The van der Waals surface area contributed by atoms with Gasteiger partial charge in [-0.15, -0.1) is 0 Å². The number of methoxy groups -OCH3 is 1. The SMILES string of the molecule is COc1ccc(N(C)c2ncc(F)cc2C(=O)O)cc1. The van der Waals surface area contributed by atoms with Crippen LogP contribution in [0.1, 0.15) is 10.4 Å². The average Bonchev–Trinajstić information content (AvgIpc) is 2.46. The van der Waals surface area contributed by atoms with Crippen LogP contribution in [0.5, 0.6) is 5.75 Å². The molecule has 1 aromatic heterocycles. The zero-order chi connectivity index (χ0) is 14.7. The summed E-state index contributed by atoms with van der Waals surface area (Å²) in [6, 6.07) is 7.96. The fraction of sp³-hybridized carbons (Fsp3) is 0.143. The Hall–Kier alpha value is -2.63. The van der Waals surface area contributed by atoms with E-state index in [1.165, 1.54) is 0 Å². The zero-order valence-corrected chi connectivity index (χ0v) is 11.0. The van der Waals surface area contributed by atoms with Crippen molar-refractivity contribution in [2.24, 2.45) is 0 Å². The van der Waals surface area contributed by atoms with Crippen molar-refractivity contribution in [2.75, 3.05) is 19.1 Å². The number of rotatable bonds is 4. The lowest BCUT2D eigenvalue weighted by molar-refractivity contribution is 0.0696. The molecule has 0 aliphatic carbocycles. The van der Waals surface area contributed by atoms with Crippen LogP contribution in [0, 0.1) is 5.82 Å². The molecule has 1 heterocycles. The van der Waals surface area contributed by atoms with E-state index in [0.29, 0.717) is 11.4 Å². The van der Waals surface area contributed by atoms with Gasteiger partial charge in [-0.3, -0.25) is 0 Å². The van der Waals surface area contributed by atoms with Gasteiger partial charge in [-0.1, -0.05) is 0 Å². The first kappa shape index (κ1) is 13.8. The number of nitrogens with zero attached hydrogens (tertiary/aromatic N) is 2. The fourth-order valence-electron chi connectivity index (χ4n) is 1.78. The number of anilines is 2. The third-order valence-corrected chi connectivity index (χ3v) is 2.84. The molecule has 5 nitrogen and oxygen atoms in total. The van der Waals surface area contributed by atoms with E-state index in [2.05, 4.69) is 4.98 Å². The van der Waals surface area contributed by atoms with E-state index in [0.717, 1.165) is 12.3 Å². The van der Waals surface area contributed by atoms with Crippen LogP contribution in [-0.2, 0) is 0 Å². The Morgan fingerprint density at radius 3 is 2.55 bits per heavy atom. The fourth-order valence-corrected chi connectivity index (χ4v) is 1.78. The van der Waals surface area contributed by atoms with Crippen LogP contribution < -0.4 is 9.64 Å². The summed E-state index contributed by atoms with van der Waals surface area (Å²) in [6.45, 7) is 0. The highest BCUT2D eigenvalue weighted by Gasteiger charge is 2.17. The number of pyridine rings is 1. The predicted octanol–water partition coefficient (Wildman–Crippen LogP) is 2.70. The maximum atomic E-state index is 13.1. The van der Waals surface area contributed by atoms with Gasteiger partial charge in [0.2, 0.25) is 0 Å². The molecule has 0 bridgehead atoms. The second-order valence-electron chi connectivity index (χ2n) is 4.09. The Labute approximate surface area is 115 Å². The summed E-state index contributed by atoms with van der Waals surface area (Å²) < 4.78 is 18.2. The van der Waals surface area contributed by atoms with Crippen molar-refractivity contribution < 1.29 is 19.0 Å². The lowest BCUT2D eigenvalue weighted by atomic mass is 10.2. The van der Waals surface area contributed by atoms with Crippen LogP contribution in [0.4, 0.5) is 15.9 Å². The number of ether oxygens (including phenoxy) is 1. The third-order valence-electron chi connectivity index (χ3n) is 2.84. The molecule has 0 radical (unpaired) electrons. The number of aromatic carboxylic acids is 1. The second-order valence-corrected chi connectivity index (χ2v) is 4.09. The number of carboxylic acid groups (broad SMARTS) is 1. The van der Waals surface area contributed by atoms with Crippen LogP contribution >= 0.6 is 0 Å². The first-order chi connectivity index (χ1) is 9.52. The summed E-state index contributed by atoms with van der Waals surface area (Å²) in [5, 5.41) is 9.11. The minimum Gasteiger partial charge on any atom is -0.497 e. The number of carboxylic acids is 1. The number of carbonyl (C=O) groups is 1. The Balaban J connectivity index is 2.41. The summed E-state index contributed by atoms with van der Waals surface area (Å²) in [4.78, 5) is 16.6. The molecule has 2 aromatic rings. The molecule has 6 heteroatoms. The third kappa shape index (κ3) is 2.69. The molecular formula is C14H13FN2O3. The lowest BCUT2D eigenvalue weighted by Crippen LogP contribution is -2.16. The Kier molecular flexibility index (Phi) is 3.84. The van der Waals surface area contributed by atoms with E-state index in [9.17, 15) is 9.18 Å². The van der Waals surface area contributed by atoms with Crippen molar-refractivity contribution in [1.82, 2.24) is 4.98 Å². The van der Waals surface area contributed by atoms with Gasteiger partial charge in [-0.2, -0.15) is 0 Å². The number of aromatic nitrogens is 1. The van der Waals surface area contributed by atoms with E-state index < -0.39 is 11.8 Å². The van der Waals surface area contributed by atoms with E-state index in [1.54, 1.807) is 43.3 Å². The van der Waals surface area contributed by atoms with Gasteiger partial charge in [0.25, 0.3) is 0 Å². The molecular weight excluding hydrogens is 263 g/mol. The van der Waals surface area contributed by atoms with Gasteiger partial charge in [0.15, 0.2) is 0 Å². The first-order valence-corrected chi connectivity index (χ1v) is 5.79. The maximum Gasteiger partial charge on any atom is 0.339 e. The van der Waals surface area contributed by atoms with Crippen LogP contribution in [-0.4, -0.2) is 30.2 Å². The molecule has 0 unspecified atom stereocenters.